The van der Waals surface area contributed by atoms with Crippen LogP contribution >= 0.6 is 11.6 Å². The second-order valence-electron chi connectivity index (χ2n) is 3.82. The third kappa shape index (κ3) is 3.33. The Labute approximate surface area is 115 Å². The maximum Gasteiger partial charge on any atom is 0.224 e. The summed E-state index contributed by atoms with van der Waals surface area (Å²) in [6.07, 6.45) is 1.98. The van der Waals surface area contributed by atoms with Gasteiger partial charge in [0.25, 0.3) is 0 Å². The smallest absolute Gasteiger partial charge is 0.224 e. The molecule has 0 aliphatic carbocycles. The Balaban J connectivity index is 2.02. The van der Waals surface area contributed by atoms with Crippen LogP contribution in [0.5, 0.6) is 5.75 Å². The maximum absolute atomic E-state index is 9.63. The van der Waals surface area contributed by atoms with Crippen LogP contribution in [-0.2, 0) is 6.42 Å². The predicted molar refractivity (Wildman–Crippen MR) is 72.1 cm³/mol. The van der Waals surface area contributed by atoms with Gasteiger partial charge in [0.1, 0.15) is 23.2 Å². The van der Waals surface area contributed by atoms with Crippen molar-refractivity contribution in [1.82, 2.24) is 9.97 Å². The zero-order valence-corrected chi connectivity index (χ0v) is 10.7. The van der Waals surface area contributed by atoms with Gasteiger partial charge in [-0.05, 0) is 29.7 Å². The average Bonchev–Trinajstić information content (AvgIpc) is 2.41. The number of anilines is 1. The molecule has 0 spiro atoms. The van der Waals surface area contributed by atoms with E-state index in [0.717, 1.165) is 5.56 Å². The Morgan fingerprint density at radius 3 is 2.89 bits per heavy atom. The number of para-hydroxylation sites is 1. The lowest BCUT2D eigenvalue weighted by atomic mass is 10.1. The normalized spacial score (nSPS) is 9.89. The molecule has 1 heterocycles. The molecule has 6 heteroatoms. The molecule has 2 rings (SSSR count). The number of aromatic hydroxyl groups is 1. The van der Waals surface area contributed by atoms with Gasteiger partial charge in [-0.15, -0.1) is 0 Å². The van der Waals surface area contributed by atoms with Gasteiger partial charge in [0, 0.05) is 6.54 Å². The summed E-state index contributed by atoms with van der Waals surface area (Å²) in [5.74, 6) is 0.656. The molecule has 0 fully saturated rings. The molecular formula is C13H11ClN4O. The van der Waals surface area contributed by atoms with E-state index in [9.17, 15) is 5.11 Å². The largest absolute Gasteiger partial charge is 0.508 e. The molecule has 0 amide bonds. The topological polar surface area (TPSA) is 81.8 Å². The third-order valence-corrected chi connectivity index (χ3v) is 2.74. The predicted octanol–water partition coefficient (Wildman–Crippen LogP) is 2.36. The Hall–Kier alpha value is -2.32. The molecule has 2 aromatic rings. The molecule has 0 aliphatic rings. The molecule has 5 nitrogen and oxygen atoms in total. The fraction of sp³-hybridized carbons (Fsp3) is 0.154. The van der Waals surface area contributed by atoms with Gasteiger partial charge in [-0.25, -0.2) is 4.98 Å². The third-order valence-electron chi connectivity index (χ3n) is 2.56. The standard InChI is InChI=1S/C13H11ClN4O/c14-13-17-8-10(7-15)12(18-13)16-6-5-9-3-1-2-4-11(9)19/h1-4,8,19H,5-6H2,(H,16,17,18). The van der Waals surface area contributed by atoms with E-state index < -0.39 is 0 Å². The first-order chi connectivity index (χ1) is 9.20. The molecule has 1 aromatic carbocycles. The molecule has 1 aromatic heterocycles. The fourth-order valence-corrected chi connectivity index (χ4v) is 1.75. The van der Waals surface area contributed by atoms with Crippen LogP contribution in [0, 0.1) is 11.3 Å². The van der Waals surface area contributed by atoms with Crippen LogP contribution in [0.15, 0.2) is 30.5 Å². The van der Waals surface area contributed by atoms with E-state index in [0.29, 0.717) is 24.3 Å². The van der Waals surface area contributed by atoms with Gasteiger partial charge in [-0.1, -0.05) is 18.2 Å². The molecule has 0 aliphatic heterocycles. The van der Waals surface area contributed by atoms with E-state index in [1.807, 2.05) is 18.2 Å². The minimum atomic E-state index is 0.0871. The highest BCUT2D eigenvalue weighted by Crippen LogP contribution is 2.17. The molecular weight excluding hydrogens is 264 g/mol. The van der Waals surface area contributed by atoms with E-state index in [-0.39, 0.29) is 11.0 Å². The number of nitriles is 1. The van der Waals surface area contributed by atoms with Crippen molar-refractivity contribution < 1.29 is 5.11 Å². The van der Waals surface area contributed by atoms with Crippen molar-refractivity contribution >= 4 is 17.4 Å². The minimum Gasteiger partial charge on any atom is -0.508 e. The molecule has 0 unspecified atom stereocenters. The number of halogens is 1. The summed E-state index contributed by atoms with van der Waals surface area (Å²) in [7, 11) is 0. The first-order valence-electron chi connectivity index (χ1n) is 5.64. The maximum atomic E-state index is 9.63. The van der Waals surface area contributed by atoms with Gasteiger partial charge >= 0.3 is 0 Å². The number of phenolic OH excluding ortho intramolecular Hbond substituents is 1. The van der Waals surface area contributed by atoms with Crippen LogP contribution in [0.4, 0.5) is 5.82 Å². The van der Waals surface area contributed by atoms with Gasteiger partial charge in [-0.2, -0.15) is 10.2 Å². The highest BCUT2D eigenvalue weighted by atomic mass is 35.5. The van der Waals surface area contributed by atoms with E-state index in [2.05, 4.69) is 15.3 Å². The summed E-state index contributed by atoms with van der Waals surface area (Å²) in [6, 6.07) is 9.09. The van der Waals surface area contributed by atoms with Crippen LogP contribution in [0.2, 0.25) is 5.28 Å². The number of nitrogens with one attached hydrogen (secondary N) is 1. The minimum absolute atomic E-state index is 0.0871. The molecule has 0 saturated heterocycles. The SMILES string of the molecule is N#Cc1cnc(Cl)nc1NCCc1ccccc1O. The van der Waals surface area contributed by atoms with Crippen LogP contribution in [0.3, 0.4) is 0 Å². The number of hydrogen-bond acceptors (Lipinski definition) is 5. The molecule has 0 atom stereocenters. The fourth-order valence-electron chi connectivity index (χ4n) is 1.61. The Morgan fingerprint density at radius 2 is 2.16 bits per heavy atom. The summed E-state index contributed by atoms with van der Waals surface area (Å²) >= 11 is 5.68. The Morgan fingerprint density at radius 1 is 1.37 bits per heavy atom. The van der Waals surface area contributed by atoms with Crippen molar-refractivity contribution in [2.24, 2.45) is 0 Å². The molecule has 19 heavy (non-hydrogen) atoms. The highest BCUT2D eigenvalue weighted by molar-refractivity contribution is 6.28. The summed E-state index contributed by atoms with van der Waals surface area (Å²) in [5.41, 5.74) is 1.16. The van der Waals surface area contributed by atoms with E-state index >= 15 is 0 Å². The highest BCUT2D eigenvalue weighted by Gasteiger charge is 2.06. The summed E-state index contributed by atoms with van der Waals surface area (Å²) in [6.45, 7) is 0.527. The van der Waals surface area contributed by atoms with Crippen LogP contribution < -0.4 is 5.32 Å². The van der Waals surface area contributed by atoms with Gasteiger partial charge in [0.15, 0.2) is 0 Å². The number of phenols is 1. The first kappa shape index (κ1) is 13.1. The summed E-state index contributed by atoms with van der Waals surface area (Å²) < 4.78 is 0. The number of rotatable bonds is 4. The second kappa shape index (κ2) is 6.03. The lowest BCUT2D eigenvalue weighted by Crippen LogP contribution is -2.08. The number of nitrogens with zero attached hydrogens (tertiary/aromatic N) is 3. The number of hydrogen-bond donors (Lipinski definition) is 2. The average molecular weight is 275 g/mol. The molecule has 0 bridgehead atoms. The van der Waals surface area contributed by atoms with E-state index in [1.165, 1.54) is 6.20 Å². The van der Waals surface area contributed by atoms with Crippen molar-refractivity contribution in [2.45, 2.75) is 6.42 Å². The second-order valence-corrected chi connectivity index (χ2v) is 4.16. The summed E-state index contributed by atoms with van der Waals surface area (Å²) in [4.78, 5) is 7.70. The number of aromatic nitrogens is 2. The molecule has 96 valence electrons. The monoisotopic (exact) mass is 274 g/mol. The van der Waals surface area contributed by atoms with Gasteiger partial charge in [-0.3, -0.25) is 0 Å². The Bertz CT molecular complexity index is 624. The van der Waals surface area contributed by atoms with Crippen LogP contribution in [0.25, 0.3) is 0 Å². The van der Waals surface area contributed by atoms with Crippen molar-refractivity contribution in [3.63, 3.8) is 0 Å². The van der Waals surface area contributed by atoms with Crippen LogP contribution in [0.1, 0.15) is 11.1 Å². The lowest BCUT2D eigenvalue weighted by molar-refractivity contribution is 0.468. The van der Waals surface area contributed by atoms with Gasteiger partial charge < -0.3 is 10.4 Å². The van der Waals surface area contributed by atoms with E-state index in [4.69, 9.17) is 16.9 Å². The number of benzene rings is 1. The summed E-state index contributed by atoms with van der Waals surface area (Å²) in [5, 5.41) is 21.6. The van der Waals surface area contributed by atoms with Crippen LogP contribution in [-0.4, -0.2) is 21.6 Å². The van der Waals surface area contributed by atoms with E-state index in [1.54, 1.807) is 12.1 Å². The van der Waals surface area contributed by atoms with Crippen molar-refractivity contribution in [1.29, 1.82) is 5.26 Å². The Kier molecular flexibility index (Phi) is 4.16. The molecule has 0 radical (unpaired) electrons. The quantitative estimate of drug-likeness (QED) is 0.837. The zero-order chi connectivity index (χ0) is 13.7. The van der Waals surface area contributed by atoms with Gasteiger partial charge in [0.2, 0.25) is 5.28 Å². The van der Waals surface area contributed by atoms with Crippen molar-refractivity contribution in [3.8, 4) is 11.8 Å². The molecule has 2 N–H and O–H groups in total. The first-order valence-corrected chi connectivity index (χ1v) is 6.02. The van der Waals surface area contributed by atoms with Gasteiger partial charge in [0.05, 0.1) is 6.20 Å². The van der Waals surface area contributed by atoms with Crippen molar-refractivity contribution in [3.05, 3.63) is 46.9 Å². The van der Waals surface area contributed by atoms with Crippen molar-refractivity contribution in [2.75, 3.05) is 11.9 Å². The zero-order valence-electron chi connectivity index (χ0n) is 9.97. The lowest BCUT2D eigenvalue weighted by Gasteiger charge is -2.08. The molecule has 0 saturated carbocycles.